The molecule has 4 nitrogen and oxygen atoms in total. The van der Waals surface area contributed by atoms with E-state index in [1.165, 1.54) is 13.2 Å². The van der Waals surface area contributed by atoms with Crippen molar-refractivity contribution >= 4 is 0 Å². The van der Waals surface area contributed by atoms with E-state index in [-0.39, 0.29) is 11.7 Å². The molecule has 7 heteroatoms. The van der Waals surface area contributed by atoms with E-state index in [2.05, 4.69) is 15.4 Å². The molecule has 0 spiro atoms. The Morgan fingerprint density at radius 1 is 1.33 bits per heavy atom. The minimum Gasteiger partial charge on any atom is -0.496 e. The number of rotatable bonds is 5. The molecular weight excluding hydrogens is 283 g/mol. The van der Waals surface area contributed by atoms with Gasteiger partial charge in [-0.05, 0) is 30.0 Å². The molecule has 0 bridgehead atoms. The maximum atomic E-state index is 12.7. The van der Waals surface area contributed by atoms with Crippen LogP contribution < -0.4 is 4.74 Å². The molecule has 1 unspecified atom stereocenters. The van der Waals surface area contributed by atoms with Crippen molar-refractivity contribution in [2.24, 2.45) is 0 Å². The molecule has 0 saturated carbocycles. The van der Waals surface area contributed by atoms with Crippen molar-refractivity contribution in [2.75, 3.05) is 7.11 Å². The Morgan fingerprint density at radius 2 is 2.10 bits per heavy atom. The first kappa shape index (κ1) is 15.3. The summed E-state index contributed by atoms with van der Waals surface area (Å²) in [5, 5.41) is 10.2. The number of benzene rings is 1. The van der Waals surface area contributed by atoms with Crippen LogP contribution in [0.3, 0.4) is 0 Å². The molecule has 2 aromatic rings. The number of nitrogens with one attached hydrogen (secondary N) is 1. The van der Waals surface area contributed by atoms with Crippen molar-refractivity contribution in [3.8, 4) is 5.75 Å². The molecule has 21 heavy (non-hydrogen) atoms. The Labute approximate surface area is 120 Å². The maximum absolute atomic E-state index is 12.7. The lowest BCUT2D eigenvalue weighted by molar-refractivity contribution is -0.137. The lowest BCUT2D eigenvalue weighted by atomic mass is 9.90. The zero-order chi connectivity index (χ0) is 15.5. The normalized spacial score (nSPS) is 13.2. The number of alkyl halides is 3. The smallest absolute Gasteiger partial charge is 0.416 e. The third kappa shape index (κ3) is 3.53. The van der Waals surface area contributed by atoms with Crippen molar-refractivity contribution in [1.29, 1.82) is 0 Å². The molecule has 0 aliphatic rings. The molecule has 1 aromatic heterocycles. The lowest BCUT2D eigenvalue weighted by Crippen LogP contribution is -2.09. The molecule has 0 radical (unpaired) electrons. The minimum atomic E-state index is -4.38. The van der Waals surface area contributed by atoms with Crippen molar-refractivity contribution in [2.45, 2.75) is 31.9 Å². The molecule has 0 saturated heterocycles. The number of aromatic amines is 1. The summed E-state index contributed by atoms with van der Waals surface area (Å²) in [7, 11) is 1.38. The Bertz CT molecular complexity index is 582. The Hall–Kier alpha value is -2.05. The van der Waals surface area contributed by atoms with Crippen LogP contribution in [0.4, 0.5) is 13.2 Å². The predicted molar refractivity (Wildman–Crippen MR) is 71.1 cm³/mol. The van der Waals surface area contributed by atoms with Gasteiger partial charge in [0, 0.05) is 6.42 Å². The summed E-state index contributed by atoms with van der Waals surface area (Å²) in [4.78, 5) is 0. The van der Waals surface area contributed by atoms with Crippen molar-refractivity contribution < 1.29 is 17.9 Å². The quantitative estimate of drug-likeness (QED) is 0.918. The number of hydrogen-bond donors (Lipinski definition) is 1. The van der Waals surface area contributed by atoms with Crippen LogP contribution in [0.25, 0.3) is 0 Å². The van der Waals surface area contributed by atoms with Crippen molar-refractivity contribution in [3.63, 3.8) is 0 Å². The van der Waals surface area contributed by atoms with E-state index in [9.17, 15) is 13.2 Å². The highest BCUT2D eigenvalue weighted by atomic mass is 19.4. The Balaban J connectivity index is 2.32. The van der Waals surface area contributed by atoms with Gasteiger partial charge in [0.2, 0.25) is 0 Å². The van der Waals surface area contributed by atoms with Crippen LogP contribution >= 0.6 is 0 Å². The van der Waals surface area contributed by atoms with Gasteiger partial charge in [0.15, 0.2) is 0 Å². The molecule has 1 heterocycles. The second kappa shape index (κ2) is 6.15. The van der Waals surface area contributed by atoms with E-state index in [4.69, 9.17) is 4.74 Å². The average Bonchev–Trinajstić information content (AvgIpc) is 2.96. The van der Waals surface area contributed by atoms with Gasteiger partial charge in [-0.3, -0.25) is 0 Å². The van der Waals surface area contributed by atoms with Gasteiger partial charge in [0.1, 0.15) is 5.75 Å². The molecule has 1 aromatic carbocycles. The molecule has 0 fully saturated rings. The number of hydrogen-bond acceptors (Lipinski definition) is 3. The Kier molecular flexibility index (Phi) is 4.50. The molecule has 2 rings (SSSR count). The van der Waals surface area contributed by atoms with Crippen LogP contribution in [0.5, 0.6) is 5.75 Å². The molecule has 0 aliphatic carbocycles. The van der Waals surface area contributed by atoms with Crippen LogP contribution in [0.2, 0.25) is 0 Å². The summed E-state index contributed by atoms with van der Waals surface area (Å²) >= 11 is 0. The summed E-state index contributed by atoms with van der Waals surface area (Å²) in [6, 6.07) is 3.61. The van der Waals surface area contributed by atoms with E-state index in [0.29, 0.717) is 6.42 Å². The molecule has 114 valence electrons. The van der Waals surface area contributed by atoms with E-state index in [1.807, 2.05) is 6.92 Å². The Morgan fingerprint density at radius 3 is 2.62 bits per heavy atom. The lowest BCUT2D eigenvalue weighted by Gasteiger charge is -2.19. The summed E-state index contributed by atoms with van der Waals surface area (Å²) < 4.78 is 43.4. The third-order valence-corrected chi connectivity index (χ3v) is 3.41. The predicted octanol–water partition coefficient (Wildman–Crippen LogP) is 3.57. The number of aromatic nitrogens is 3. The molecule has 0 aliphatic heterocycles. The topological polar surface area (TPSA) is 50.8 Å². The van der Waals surface area contributed by atoms with E-state index in [1.54, 1.807) is 6.20 Å². The fourth-order valence-corrected chi connectivity index (χ4v) is 2.28. The van der Waals surface area contributed by atoms with Gasteiger partial charge in [-0.15, -0.1) is 0 Å². The molecule has 0 amide bonds. The standard InChI is InChI=1S/C14H16F3N3O/c1-3-9(6-11-8-18-20-19-11)12-5-4-10(14(15,16)17)7-13(12)21-2/h4-5,7-9H,3,6H2,1-2H3,(H,18,19,20). The fraction of sp³-hybridized carbons (Fsp3) is 0.429. The molecule has 1 N–H and O–H groups in total. The average molecular weight is 299 g/mol. The second-order valence-electron chi connectivity index (χ2n) is 4.73. The van der Waals surface area contributed by atoms with Gasteiger partial charge in [-0.1, -0.05) is 13.0 Å². The van der Waals surface area contributed by atoms with Gasteiger partial charge < -0.3 is 4.74 Å². The zero-order valence-electron chi connectivity index (χ0n) is 11.7. The number of ether oxygens (including phenoxy) is 1. The minimum absolute atomic E-state index is 0.0207. The van der Waals surface area contributed by atoms with Crippen LogP contribution in [0.15, 0.2) is 24.4 Å². The first-order valence-corrected chi connectivity index (χ1v) is 6.55. The monoisotopic (exact) mass is 299 g/mol. The highest BCUT2D eigenvalue weighted by molar-refractivity contribution is 5.41. The SMILES string of the molecule is CCC(Cc1cn[nH]n1)c1ccc(C(F)(F)F)cc1OC. The van der Waals surface area contributed by atoms with Crippen LogP contribution in [0, 0.1) is 0 Å². The van der Waals surface area contributed by atoms with Crippen molar-refractivity contribution in [3.05, 3.63) is 41.2 Å². The molecular formula is C14H16F3N3O. The summed E-state index contributed by atoms with van der Waals surface area (Å²) in [5.74, 6) is 0.271. The van der Waals surface area contributed by atoms with Gasteiger partial charge in [0.25, 0.3) is 0 Å². The van der Waals surface area contributed by atoms with Crippen molar-refractivity contribution in [1.82, 2.24) is 15.4 Å². The number of nitrogens with zero attached hydrogens (tertiary/aromatic N) is 2. The zero-order valence-corrected chi connectivity index (χ0v) is 11.7. The van der Waals surface area contributed by atoms with Crippen LogP contribution in [-0.4, -0.2) is 22.5 Å². The fourth-order valence-electron chi connectivity index (χ4n) is 2.28. The molecule has 1 atom stereocenters. The van der Waals surface area contributed by atoms with E-state index >= 15 is 0 Å². The van der Waals surface area contributed by atoms with Gasteiger partial charge in [0.05, 0.1) is 24.6 Å². The first-order valence-electron chi connectivity index (χ1n) is 6.55. The third-order valence-electron chi connectivity index (χ3n) is 3.41. The van der Waals surface area contributed by atoms with E-state index in [0.717, 1.165) is 29.8 Å². The first-order chi connectivity index (χ1) is 9.95. The summed E-state index contributed by atoms with van der Waals surface area (Å²) in [5.41, 5.74) is 0.805. The summed E-state index contributed by atoms with van der Waals surface area (Å²) in [6.45, 7) is 1.97. The largest absolute Gasteiger partial charge is 0.496 e. The summed E-state index contributed by atoms with van der Waals surface area (Å²) in [6.07, 6.45) is -1.41. The van der Waals surface area contributed by atoms with Crippen LogP contribution in [-0.2, 0) is 12.6 Å². The highest BCUT2D eigenvalue weighted by Crippen LogP contribution is 2.37. The van der Waals surface area contributed by atoms with Gasteiger partial charge >= 0.3 is 6.18 Å². The van der Waals surface area contributed by atoms with Gasteiger partial charge in [-0.25, -0.2) is 0 Å². The number of halogens is 3. The maximum Gasteiger partial charge on any atom is 0.416 e. The highest BCUT2D eigenvalue weighted by Gasteiger charge is 2.31. The van der Waals surface area contributed by atoms with Gasteiger partial charge in [-0.2, -0.15) is 28.6 Å². The second-order valence-corrected chi connectivity index (χ2v) is 4.73. The number of methoxy groups -OCH3 is 1. The number of H-pyrrole nitrogens is 1. The van der Waals surface area contributed by atoms with E-state index < -0.39 is 11.7 Å². The van der Waals surface area contributed by atoms with Crippen LogP contribution in [0.1, 0.15) is 36.1 Å².